The molecule has 0 bridgehead atoms. The minimum atomic E-state index is -3.88. The van der Waals surface area contributed by atoms with Crippen LogP contribution in [0.4, 0.5) is 5.13 Å². The number of carbonyl (C=O) groups excluding carboxylic acids is 1. The molecular weight excluding hydrogens is 414 g/mol. The van der Waals surface area contributed by atoms with Crippen LogP contribution in [0.3, 0.4) is 0 Å². The number of benzene rings is 2. The predicted molar refractivity (Wildman–Crippen MR) is 109 cm³/mol. The van der Waals surface area contributed by atoms with Gasteiger partial charge in [-0.25, -0.2) is 18.2 Å². The van der Waals surface area contributed by atoms with Crippen molar-refractivity contribution in [2.75, 3.05) is 4.72 Å². The molecule has 0 spiro atoms. The van der Waals surface area contributed by atoms with Crippen molar-refractivity contribution < 1.29 is 23.1 Å². The highest BCUT2D eigenvalue weighted by Gasteiger charge is 2.17. The van der Waals surface area contributed by atoms with Crippen molar-refractivity contribution in [1.29, 1.82) is 0 Å². The van der Waals surface area contributed by atoms with Crippen molar-refractivity contribution in [3.8, 4) is 11.3 Å². The Morgan fingerprint density at radius 2 is 1.72 bits per heavy atom. The molecule has 1 heterocycles. The maximum atomic E-state index is 12.5. The van der Waals surface area contributed by atoms with E-state index in [1.54, 1.807) is 5.38 Å². The van der Waals surface area contributed by atoms with Crippen LogP contribution < -0.4 is 10.0 Å². The van der Waals surface area contributed by atoms with Gasteiger partial charge < -0.3 is 10.4 Å². The zero-order valence-corrected chi connectivity index (χ0v) is 16.9. The van der Waals surface area contributed by atoms with Gasteiger partial charge in [-0.15, -0.1) is 11.3 Å². The lowest BCUT2D eigenvalue weighted by molar-refractivity contribution is -0.119. The quantitative estimate of drug-likeness (QED) is 0.528. The summed E-state index contributed by atoms with van der Waals surface area (Å²) in [5.41, 5.74) is 2.36. The summed E-state index contributed by atoms with van der Waals surface area (Å²) in [5.74, 6) is -1.24. The second-order valence-electron chi connectivity index (χ2n) is 6.08. The van der Waals surface area contributed by atoms with E-state index in [9.17, 15) is 18.0 Å². The Bertz CT molecular complexity index is 1140. The van der Waals surface area contributed by atoms with Gasteiger partial charge in [0.1, 0.15) is 0 Å². The summed E-state index contributed by atoms with van der Waals surface area (Å²) < 4.78 is 27.3. The molecule has 0 aliphatic carbocycles. The van der Waals surface area contributed by atoms with Gasteiger partial charge in [-0.3, -0.25) is 9.52 Å². The number of sulfonamides is 1. The average Bonchev–Trinajstić information content (AvgIpc) is 3.14. The fourth-order valence-electron chi connectivity index (χ4n) is 2.42. The molecule has 3 rings (SSSR count). The molecule has 0 saturated carbocycles. The Morgan fingerprint density at radius 1 is 1.07 bits per heavy atom. The topological polar surface area (TPSA) is 125 Å². The Kier molecular flexibility index (Phi) is 5.95. The number of nitrogens with one attached hydrogen (secondary N) is 2. The Labute approximate surface area is 171 Å². The van der Waals surface area contributed by atoms with Crippen LogP contribution in [0.5, 0.6) is 0 Å². The molecule has 1 aromatic heterocycles. The van der Waals surface area contributed by atoms with Crippen molar-refractivity contribution in [2.45, 2.75) is 18.4 Å². The normalized spacial score (nSPS) is 11.1. The molecule has 0 radical (unpaired) electrons. The van der Waals surface area contributed by atoms with Gasteiger partial charge in [-0.1, -0.05) is 24.3 Å². The number of thiazole rings is 1. The van der Waals surface area contributed by atoms with Gasteiger partial charge in [-0.2, -0.15) is 0 Å². The highest BCUT2D eigenvalue weighted by Crippen LogP contribution is 2.27. The molecule has 0 fully saturated rings. The van der Waals surface area contributed by atoms with Crippen molar-refractivity contribution in [3.63, 3.8) is 0 Å². The molecule has 3 N–H and O–H groups in total. The first-order valence-corrected chi connectivity index (χ1v) is 10.8. The van der Waals surface area contributed by atoms with Crippen LogP contribution in [0.1, 0.15) is 22.8 Å². The van der Waals surface area contributed by atoms with E-state index in [0.29, 0.717) is 12.2 Å². The van der Waals surface area contributed by atoms with Crippen molar-refractivity contribution in [1.82, 2.24) is 10.3 Å². The molecular formula is C19H17N3O5S2. The fraction of sp³-hybridized carbons (Fsp3) is 0.105. The molecule has 8 nitrogen and oxygen atoms in total. The lowest BCUT2D eigenvalue weighted by Gasteiger charge is -2.05. The minimum absolute atomic E-state index is 0.00225. The first-order valence-electron chi connectivity index (χ1n) is 8.40. The lowest BCUT2D eigenvalue weighted by atomic mass is 10.1. The van der Waals surface area contributed by atoms with Crippen molar-refractivity contribution >= 4 is 38.4 Å². The zero-order chi connectivity index (χ0) is 21.0. The summed E-state index contributed by atoms with van der Waals surface area (Å²) >= 11 is 1.14. The van der Waals surface area contributed by atoms with Crippen LogP contribution in [0.15, 0.2) is 58.8 Å². The number of anilines is 1. The first kappa shape index (κ1) is 20.5. The van der Waals surface area contributed by atoms with Crippen molar-refractivity contribution in [2.24, 2.45) is 0 Å². The van der Waals surface area contributed by atoms with E-state index in [1.807, 2.05) is 24.3 Å². The Morgan fingerprint density at radius 3 is 2.31 bits per heavy atom. The summed E-state index contributed by atoms with van der Waals surface area (Å²) in [4.78, 5) is 26.1. The third-order valence-electron chi connectivity index (χ3n) is 3.93. The summed E-state index contributed by atoms with van der Waals surface area (Å²) in [7, 11) is -3.88. The largest absolute Gasteiger partial charge is 0.478 e. The van der Waals surface area contributed by atoms with Gasteiger partial charge in [0.05, 0.1) is 16.2 Å². The van der Waals surface area contributed by atoms with E-state index in [2.05, 4.69) is 15.0 Å². The SMILES string of the molecule is CC(=O)NCc1ccc(-c2csc(NS(=O)(=O)c3ccc(C(=O)O)cc3)n2)cc1. The molecule has 29 heavy (non-hydrogen) atoms. The molecule has 0 atom stereocenters. The Hall–Kier alpha value is -3.24. The number of carbonyl (C=O) groups is 2. The number of nitrogens with zero attached hydrogens (tertiary/aromatic N) is 1. The maximum Gasteiger partial charge on any atom is 0.335 e. The van der Waals surface area contributed by atoms with Crippen molar-refractivity contribution in [3.05, 3.63) is 65.0 Å². The van der Waals surface area contributed by atoms with E-state index < -0.39 is 16.0 Å². The fourth-order valence-corrected chi connectivity index (χ4v) is 4.40. The summed E-state index contributed by atoms with van der Waals surface area (Å²) in [6, 6.07) is 12.3. The summed E-state index contributed by atoms with van der Waals surface area (Å²) in [6.07, 6.45) is 0. The van der Waals surface area contributed by atoms with Crippen LogP contribution >= 0.6 is 11.3 Å². The zero-order valence-electron chi connectivity index (χ0n) is 15.2. The third kappa shape index (κ3) is 5.18. The lowest BCUT2D eigenvalue weighted by Crippen LogP contribution is -2.18. The monoisotopic (exact) mass is 431 g/mol. The van der Waals surface area contributed by atoms with Gasteiger partial charge in [0.15, 0.2) is 5.13 Å². The highest BCUT2D eigenvalue weighted by molar-refractivity contribution is 7.93. The highest BCUT2D eigenvalue weighted by atomic mass is 32.2. The third-order valence-corrected chi connectivity index (χ3v) is 6.17. The van der Waals surface area contributed by atoms with Crippen LogP contribution in [-0.2, 0) is 21.4 Å². The summed E-state index contributed by atoms with van der Waals surface area (Å²) in [6.45, 7) is 1.88. The summed E-state index contributed by atoms with van der Waals surface area (Å²) in [5, 5.41) is 13.5. The van der Waals surface area contributed by atoms with Gasteiger partial charge in [-0.05, 0) is 29.8 Å². The molecule has 0 aliphatic rings. The molecule has 0 aliphatic heterocycles. The minimum Gasteiger partial charge on any atom is -0.478 e. The molecule has 1 amide bonds. The molecule has 2 aromatic carbocycles. The van der Waals surface area contributed by atoms with E-state index >= 15 is 0 Å². The van der Waals surface area contributed by atoms with Crippen LogP contribution in [0, 0.1) is 0 Å². The number of aromatic carboxylic acids is 1. The molecule has 0 unspecified atom stereocenters. The number of rotatable bonds is 7. The predicted octanol–water partition coefficient (Wildman–Crippen LogP) is 2.95. The van der Waals surface area contributed by atoms with Gasteiger partial charge >= 0.3 is 5.97 Å². The number of amides is 1. The van der Waals surface area contributed by atoms with E-state index in [0.717, 1.165) is 22.5 Å². The molecule has 0 saturated heterocycles. The molecule has 3 aromatic rings. The van der Waals surface area contributed by atoms with Crippen LogP contribution in [0.25, 0.3) is 11.3 Å². The molecule has 10 heteroatoms. The maximum absolute atomic E-state index is 12.5. The number of hydrogen-bond donors (Lipinski definition) is 3. The van der Waals surface area contributed by atoms with Crippen LogP contribution in [0.2, 0.25) is 0 Å². The van der Waals surface area contributed by atoms with E-state index in [-0.39, 0.29) is 21.5 Å². The van der Waals surface area contributed by atoms with Crippen LogP contribution in [-0.4, -0.2) is 30.4 Å². The second-order valence-corrected chi connectivity index (χ2v) is 8.62. The van der Waals surface area contributed by atoms with E-state index in [4.69, 9.17) is 5.11 Å². The van der Waals surface area contributed by atoms with Gasteiger partial charge in [0, 0.05) is 24.4 Å². The number of carboxylic acid groups (broad SMARTS) is 1. The average molecular weight is 431 g/mol. The van der Waals surface area contributed by atoms with Gasteiger partial charge in [0.25, 0.3) is 10.0 Å². The Balaban J connectivity index is 1.72. The van der Waals surface area contributed by atoms with E-state index in [1.165, 1.54) is 31.2 Å². The number of carboxylic acids is 1. The van der Waals surface area contributed by atoms with Gasteiger partial charge in [0.2, 0.25) is 5.91 Å². The first-order chi connectivity index (χ1) is 13.7. The number of aromatic nitrogens is 1. The second kappa shape index (κ2) is 8.41. The molecule has 150 valence electrons. The standard InChI is InChI=1S/C19H17N3O5S2/c1-12(23)20-10-13-2-4-14(5-3-13)17-11-28-19(21-17)22-29(26,27)16-8-6-15(7-9-16)18(24)25/h2-9,11H,10H2,1H3,(H,20,23)(H,21,22)(H,24,25). The number of hydrogen-bond acceptors (Lipinski definition) is 6. The smallest absolute Gasteiger partial charge is 0.335 e.